The first-order chi connectivity index (χ1) is 14.3. The highest BCUT2D eigenvalue weighted by molar-refractivity contribution is 5.98. The highest BCUT2D eigenvalue weighted by Crippen LogP contribution is 2.34. The van der Waals surface area contributed by atoms with Crippen molar-refractivity contribution in [3.63, 3.8) is 0 Å². The third kappa shape index (κ3) is 2.95. The van der Waals surface area contributed by atoms with Crippen LogP contribution in [0.4, 0.5) is 0 Å². The van der Waals surface area contributed by atoms with Gasteiger partial charge in [-0.05, 0) is 23.3 Å². The molecule has 0 saturated carbocycles. The Morgan fingerprint density at radius 2 is 1.69 bits per heavy atom. The summed E-state index contributed by atoms with van der Waals surface area (Å²) in [6.07, 6.45) is 1.85. The average Bonchev–Trinajstić information content (AvgIpc) is 3.22. The summed E-state index contributed by atoms with van der Waals surface area (Å²) in [7, 11) is 0. The smallest absolute Gasteiger partial charge is 0.170 e. The lowest BCUT2D eigenvalue weighted by atomic mass is 9.97. The number of nitrogens with zero attached hydrogens (tertiary/aromatic N) is 4. The second-order valence-electron chi connectivity index (χ2n) is 6.87. The number of hydrogen-bond donors (Lipinski definition) is 2. The summed E-state index contributed by atoms with van der Waals surface area (Å²) < 4.78 is 1.80. The van der Waals surface area contributed by atoms with Crippen LogP contribution in [0.5, 0.6) is 0 Å². The minimum Gasteiger partial charge on any atom is -0.388 e. The van der Waals surface area contributed by atoms with Crippen molar-refractivity contribution in [2.75, 3.05) is 0 Å². The highest BCUT2D eigenvalue weighted by atomic mass is 16.3. The molecule has 0 atom stereocenters. The number of aromatic nitrogens is 4. The Bertz CT molecular complexity index is 1310. The maximum absolute atomic E-state index is 9.52. The van der Waals surface area contributed by atoms with E-state index in [4.69, 9.17) is 10.7 Å². The zero-order valence-corrected chi connectivity index (χ0v) is 15.7. The van der Waals surface area contributed by atoms with E-state index in [9.17, 15) is 5.11 Å². The Morgan fingerprint density at radius 3 is 2.41 bits per heavy atom. The third-order valence-electron chi connectivity index (χ3n) is 5.13. The van der Waals surface area contributed by atoms with E-state index in [1.807, 2.05) is 42.6 Å². The zero-order chi connectivity index (χ0) is 19.8. The molecule has 0 spiro atoms. The summed E-state index contributed by atoms with van der Waals surface area (Å²) in [5.74, 6) is 0.504. The van der Waals surface area contributed by atoms with E-state index in [1.54, 1.807) is 4.40 Å². The molecule has 0 fully saturated rings. The molecule has 0 amide bonds. The number of aliphatic hydroxyl groups is 1. The van der Waals surface area contributed by atoms with Crippen LogP contribution in [-0.4, -0.2) is 24.7 Å². The molecule has 0 saturated heterocycles. The molecule has 0 radical (unpaired) electrons. The number of aliphatic hydroxyl groups excluding tert-OH is 1. The highest BCUT2D eigenvalue weighted by Gasteiger charge is 2.15. The summed E-state index contributed by atoms with van der Waals surface area (Å²) in [5, 5.41) is 18.8. The van der Waals surface area contributed by atoms with Crippen LogP contribution in [0.2, 0.25) is 0 Å². The number of rotatable bonds is 4. The molecule has 0 aliphatic rings. The number of fused-ring (bicyclic) bond motifs is 3. The number of pyridine rings is 2. The van der Waals surface area contributed by atoms with Crippen LogP contribution in [0, 0.1) is 0 Å². The van der Waals surface area contributed by atoms with Crippen molar-refractivity contribution in [3.05, 3.63) is 84.3 Å². The maximum Gasteiger partial charge on any atom is 0.170 e. The molecule has 5 aromatic rings. The van der Waals surface area contributed by atoms with Crippen molar-refractivity contribution in [3.8, 4) is 22.4 Å². The van der Waals surface area contributed by atoms with E-state index >= 15 is 0 Å². The minimum absolute atomic E-state index is 0.169. The SMILES string of the molecule is NCc1ccc(-c2nc3ccn4c(CO)nnc4c3cc2-c2ccccc2)cc1. The summed E-state index contributed by atoms with van der Waals surface area (Å²) in [5.41, 5.74) is 12.4. The number of benzene rings is 2. The molecule has 0 aliphatic carbocycles. The van der Waals surface area contributed by atoms with Crippen molar-refractivity contribution in [1.82, 2.24) is 19.6 Å². The van der Waals surface area contributed by atoms with Crippen LogP contribution in [0.25, 0.3) is 38.9 Å². The molecule has 3 N–H and O–H groups in total. The molecule has 2 aromatic carbocycles. The largest absolute Gasteiger partial charge is 0.388 e. The lowest BCUT2D eigenvalue weighted by Gasteiger charge is -2.12. The van der Waals surface area contributed by atoms with Crippen molar-refractivity contribution >= 4 is 16.6 Å². The standard InChI is InChI=1S/C23H19N5O/c24-13-15-6-8-17(9-7-15)22-18(16-4-2-1-3-5-16)12-19-20(25-22)10-11-28-21(14-29)26-27-23(19)28/h1-12,29H,13-14,24H2. The van der Waals surface area contributed by atoms with Crippen molar-refractivity contribution in [2.24, 2.45) is 5.73 Å². The fourth-order valence-corrected chi connectivity index (χ4v) is 3.61. The fourth-order valence-electron chi connectivity index (χ4n) is 3.61. The number of hydrogen-bond acceptors (Lipinski definition) is 5. The average molecular weight is 381 g/mol. The first kappa shape index (κ1) is 17.5. The predicted octanol–water partition coefficient (Wildman–Crippen LogP) is 3.56. The van der Waals surface area contributed by atoms with Crippen LogP contribution in [0.15, 0.2) is 72.9 Å². The fraction of sp³-hybridized carbons (Fsp3) is 0.0870. The quantitative estimate of drug-likeness (QED) is 0.497. The number of nitrogens with two attached hydrogens (primary N) is 1. The lowest BCUT2D eigenvalue weighted by molar-refractivity contribution is 0.270. The second-order valence-corrected chi connectivity index (χ2v) is 6.87. The van der Waals surface area contributed by atoms with Gasteiger partial charge in [0.1, 0.15) is 6.61 Å². The third-order valence-corrected chi connectivity index (χ3v) is 5.13. The van der Waals surface area contributed by atoms with Gasteiger partial charge >= 0.3 is 0 Å². The predicted molar refractivity (Wildman–Crippen MR) is 113 cm³/mol. The molecule has 0 unspecified atom stereocenters. The first-order valence-corrected chi connectivity index (χ1v) is 9.41. The molecule has 6 nitrogen and oxygen atoms in total. The van der Waals surface area contributed by atoms with Gasteiger partial charge in [0.25, 0.3) is 0 Å². The summed E-state index contributed by atoms with van der Waals surface area (Å²) in [4.78, 5) is 4.99. The Morgan fingerprint density at radius 1 is 0.897 bits per heavy atom. The molecule has 29 heavy (non-hydrogen) atoms. The van der Waals surface area contributed by atoms with Gasteiger partial charge in [-0.15, -0.1) is 10.2 Å². The van der Waals surface area contributed by atoms with Gasteiger partial charge in [0, 0.05) is 29.3 Å². The summed E-state index contributed by atoms with van der Waals surface area (Å²) in [6.45, 7) is 0.340. The van der Waals surface area contributed by atoms with Gasteiger partial charge in [0.2, 0.25) is 0 Å². The Kier molecular flexibility index (Phi) is 4.27. The lowest BCUT2D eigenvalue weighted by Crippen LogP contribution is -1.98. The van der Waals surface area contributed by atoms with Gasteiger partial charge in [-0.1, -0.05) is 54.6 Å². The van der Waals surface area contributed by atoms with Crippen LogP contribution >= 0.6 is 0 Å². The molecular formula is C23H19N5O. The van der Waals surface area contributed by atoms with Crippen LogP contribution in [0.1, 0.15) is 11.4 Å². The molecule has 0 bridgehead atoms. The van der Waals surface area contributed by atoms with Crippen LogP contribution in [0.3, 0.4) is 0 Å². The van der Waals surface area contributed by atoms with Gasteiger partial charge in [-0.3, -0.25) is 4.40 Å². The van der Waals surface area contributed by atoms with E-state index in [0.717, 1.165) is 38.9 Å². The van der Waals surface area contributed by atoms with Crippen molar-refractivity contribution in [2.45, 2.75) is 13.2 Å². The normalized spacial score (nSPS) is 11.4. The van der Waals surface area contributed by atoms with E-state index in [2.05, 4.69) is 40.5 Å². The Hall–Kier alpha value is -3.61. The monoisotopic (exact) mass is 381 g/mol. The molecule has 3 aromatic heterocycles. The molecule has 5 rings (SSSR count). The van der Waals surface area contributed by atoms with Crippen molar-refractivity contribution < 1.29 is 5.11 Å². The topological polar surface area (TPSA) is 89.3 Å². The molecular weight excluding hydrogens is 362 g/mol. The molecule has 6 heteroatoms. The second kappa shape index (κ2) is 7.09. The molecule has 0 aliphatic heterocycles. The zero-order valence-electron chi connectivity index (χ0n) is 15.7. The summed E-state index contributed by atoms with van der Waals surface area (Å²) in [6, 6.07) is 22.4. The van der Waals surface area contributed by atoms with Crippen LogP contribution in [-0.2, 0) is 13.2 Å². The van der Waals surface area contributed by atoms with E-state index in [1.165, 1.54) is 0 Å². The maximum atomic E-state index is 9.52. The van der Waals surface area contributed by atoms with Crippen molar-refractivity contribution in [1.29, 1.82) is 0 Å². The van der Waals surface area contributed by atoms with Gasteiger partial charge in [0.05, 0.1) is 11.2 Å². The molecule has 142 valence electrons. The van der Waals surface area contributed by atoms with E-state index in [0.29, 0.717) is 18.0 Å². The van der Waals surface area contributed by atoms with Gasteiger partial charge in [-0.25, -0.2) is 4.98 Å². The van der Waals surface area contributed by atoms with Gasteiger partial charge in [0.15, 0.2) is 11.5 Å². The Labute approximate surface area is 167 Å². The van der Waals surface area contributed by atoms with Gasteiger partial charge in [-0.2, -0.15) is 0 Å². The van der Waals surface area contributed by atoms with Crippen LogP contribution < -0.4 is 5.73 Å². The van der Waals surface area contributed by atoms with E-state index < -0.39 is 0 Å². The molecule has 3 heterocycles. The Balaban J connectivity index is 1.81. The minimum atomic E-state index is -0.169. The van der Waals surface area contributed by atoms with E-state index in [-0.39, 0.29) is 6.61 Å². The van der Waals surface area contributed by atoms with Gasteiger partial charge < -0.3 is 10.8 Å². The first-order valence-electron chi connectivity index (χ1n) is 9.41. The summed E-state index contributed by atoms with van der Waals surface area (Å²) >= 11 is 0.